The normalized spacial score (nSPS) is 21.5. The molecular formula is C20H32Cl3NO5SSi. The lowest BCUT2D eigenvalue weighted by atomic mass is 9.90. The number of esters is 1. The fourth-order valence-electron chi connectivity index (χ4n) is 2.92. The molecule has 1 heterocycles. The van der Waals surface area contributed by atoms with Crippen molar-refractivity contribution in [1.29, 1.82) is 0 Å². The zero-order valence-corrected chi connectivity index (χ0v) is 23.6. The molecule has 11 heteroatoms. The number of carbonyl (C=O) groups excluding carboxylic acids is 3. The zero-order chi connectivity index (χ0) is 24.5. The molecule has 0 N–H and O–H groups in total. The molecule has 1 fully saturated rings. The van der Waals surface area contributed by atoms with Crippen LogP contribution in [-0.4, -0.2) is 58.0 Å². The largest absolute Gasteiger partial charge is 0.438 e. The molecule has 1 saturated heterocycles. The summed E-state index contributed by atoms with van der Waals surface area (Å²) in [5.74, 6) is -1.19. The Kier molecular flexibility index (Phi) is 9.60. The maximum absolute atomic E-state index is 13.4. The summed E-state index contributed by atoms with van der Waals surface area (Å²) < 4.78 is 10.4. The first kappa shape index (κ1) is 28.8. The summed E-state index contributed by atoms with van der Waals surface area (Å²) in [5, 5.41) is -0.271. The van der Waals surface area contributed by atoms with E-state index in [0.717, 1.165) is 11.8 Å². The summed E-state index contributed by atoms with van der Waals surface area (Å²) in [6.45, 7) is 17.2. The fraction of sp³-hybridized carbons (Fsp3) is 0.750. The van der Waals surface area contributed by atoms with Crippen LogP contribution in [0.15, 0.2) is 11.3 Å². The molecule has 0 spiro atoms. The van der Waals surface area contributed by atoms with E-state index >= 15 is 0 Å². The number of hydrogen-bond donors (Lipinski definition) is 0. The van der Waals surface area contributed by atoms with Gasteiger partial charge in [-0.05, 0) is 44.5 Å². The first-order chi connectivity index (χ1) is 13.9. The molecular weight excluding hydrogens is 501 g/mol. The van der Waals surface area contributed by atoms with E-state index in [2.05, 4.69) is 33.9 Å². The summed E-state index contributed by atoms with van der Waals surface area (Å²) >= 11 is 18.1. The maximum atomic E-state index is 13.4. The van der Waals surface area contributed by atoms with E-state index in [-0.39, 0.29) is 28.3 Å². The molecule has 3 unspecified atom stereocenters. The Morgan fingerprint density at radius 1 is 1.16 bits per heavy atom. The van der Waals surface area contributed by atoms with E-state index in [1.165, 1.54) is 11.8 Å². The van der Waals surface area contributed by atoms with Gasteiger partial charge in [0.1, 0.15) is 10.4 Å². The fourth-order valence-corrected chi connectivity index (χ4v) is 5.74. The van der Waals surface area contributed by atoms with Crippen LogP contribution in [0.5, 0.6) is 0 Å². The molecule has 0 aromatic heterocycles. The zero-order valence-electron chi connectivity index (χ0n) is 19.5. The van der Waals surface area contributed by atoms with E-state index in [0.29, 0.717) is 5.57 Å². The van der Waals surface area contributed by atoms with Crippen molar-refractivity contribution in [1.82, 2.24) is 4.90 Å². The third-order valence-electron chi connectivity index (χ3n) is 5.61. The highest BCUT2D eigenvalue weighted by molar-refractivity contribution is 8.15. The minimum Gasteiger partial charge on any atom is -0.438 e. The van der Waals surface area contributed by atoms with Crippen molar-refractivity contribution in [3.05, 3.63) is 11.3 Å². The molecule has 1 aliphatic rings. The van der Waals surface area contributed by atoms with E-state index in [1.807, 2.05) is 6.92 Å². The smallest absolute Gasteiger partial charge is 0.356 e. The molecule has 0 radical (unpaired) electrons. The van der Waals surface area contributed by atoms with Gasteiger partial charge in [-0.2, -0.15) is 0 Å². The SMILES string of the molecule is CC(=O)SC1(C(C)O[Si](C)(C)C(C)(C)C)CN(C(C(=O)OC(Cl)C(Cl)Cl)=C(C)C)C1=O. The van der Waals surface area contributed by atoms with Gasteiger partial charge in [-0.15, -0.1) is 0 Å². The van der Waals surface area contributed by atoms with Gasteiger partial charge in [0.15, 0.2) is 18.3 Å². The second-order valence-electron chi connectivity index (χ2n) is 9.33. The highest BCUT2D eigenvalue weighted by Gasteiger charge is 2.61. The van der Waals surface area contributed by atoms with E-state index < -0.39 is 35.5 Å². The molecule has 178 valence electrons. The van der Waals surface area contributed by atoms with Gasteiger partial charge in [-0.25, -0.2) is 4.79 Å². The van der Waals surface area contributed by atoms with Crippen LogP contribution in [-0.2, 0) is 23.5 Å². The lowest BCUT2D eigenvalue weighted by Crippen LogP contribution is -2.71. The van der Waals surface area contributed by atoms with Crippen molar-refractivity contribution in [3.63, 3.8) is 0 Å². The molecule has 3 atom stereocenters. The van der Waals surface area contributed by atoms with E-state index in [1.54, 1.807) is 13.8 Å². The standard InChI is InChI=1S/C20H32Cl3NO5SSi/c1-11(2)14(17(26)28-16(23)15(21)22)24-10-20(18(24)27,30-13(4)25)12(3)29-31(8,9)19(5,6)7/h12,15-16H,10H2,1-9H3. The van der Waals surface area contributed by atoms with E-state index in [9.17, 15) is 14.4 Å². The highest BCUT2D eigenvalue weighted by atomic mass is 35.5. The number of alkyl halides is 3. The van der Waals surface area contributed by atoms with Gasteiger partial charge >= 0.3 is 5.97 Å². The van der Waals surface area contributed by atoms with Crippen molar-refractivity contribution < 1.29 is 23.5 Å². The second-order valence-corrected chi connectivity index (χ2v) is 17.2. The first-order valence-corrected chi connectivity index (χ1v) is 14.9. The summed E-state index contributed by atoms with van der Waals surface area (Å²) in [4.78, 5) is 38.3. The van der Waals surface area contributed by atoms with Crippen molar-refractivity contribution in [2.75, 3.05) is 6.54 Å². The molecule has 0 aliphatic carbocycles. The maximum Gasteiger partial charge on any atom is 0.356 e. The Morgan fingerprint density at radius 3 is 2.03 bits per heavy atom. The number of β-lactam (4-membered cyclic amide) rings is 1. The number of ether oxygens (including phenoxy) is 1. The topological polar surface area (TPSA) is 72.9 Å². The highest BCUT2D eigenvalue weighted by Crippen LogP contribution is 2.47. The Hall–Kier alpha value is -0.253. The van der Waals surface area contributed by atoms with Crippen LogP contribution in [0.4, 0.5) is 0 Å². The van der Waals surface area contributed by atoms with Gasteiger partial charge in [0.2, 0.25) is 11.5 Å². The predicted octanol–water partition coefficient (Wildman–Crippen LogP) is 5.46. The molecule has 6 nitrogen and oxygen atoms in total. The number of carbonyl (C=O) groups is 3. The van der Waals surface area contributed by atoms with Crippen molar-refractivity contribution >= 4 is 71.9 Å². The molecule has 0 saturated carbocycles. The van der Waals surface area contributed by atoms with Crippen LogP contribution >= 0.6 is 46.6 Å². The quantitative estimate of drug-likeness (QED) is 0.136. The minimum absolute atomic E-state index is 0.0592. The second kappa shape index (κ2) is 10.3. The Bertz CT molecular complexity index is 764. The van der Waals surface area contributed by atoms with Crippen LogP contribution in [0.3, 0.4) is 0 Å². The average molecular weight is 533 g/mol. The number of halogens is 3. The monoisotopic (exact) mass is 531 g/mol. The lowest BCUT2D eigenvalue weighted by molar-refractivity contribution is -0.154. The van der Waals surface area contributed by atoms with Crippen LogP contribution in [0.25, 0.3) is 0 Å². The number of amides is 1. The Balaban J connectivity index is 3.22. The van der Waals surface area contributed by atoms with Gasteiger partial charge in [0, 0.05) is 6.92 Å². The molecule has 0 bridgehead atoms. The van der Waals surface area contributed by atoms with Crippen molar-refractivity contribution in [2.24, 2.45) is 0 Å². The summed E-state index contributed by atoms with van der Waals surface area (Å²) in [6, 6.07) is 0. The Labute approximate surface area is 205 Å². The first-order valence-electron chi connectivity index (χ1n) is 9.87. The van der Waals surface area contributed by atoms with Crippen LogP contribution in [0.2, 0.25) is 18.1 Å². The van der Waals surface area contributed by atoms with Gasteiger partial charge < -0.3 is 14.1 Å². The minimum atomic E-state index is -2.21. The van der Waals surface area contributed by atoms with Crippen LogP contribution in [0.1, 0.15) is 48.5 Å². The predicted molar refractivity (Wildman–Crippen MR) is 130 cm³/mol. The number of hydrogen-bond acceptors (Lipinski definition) is 6. The summed E-state index contributed by atoms with van der Waals surface area (Å²) in [7, 11) is -2.21. The third-order valence-corrected chi connectivity index (χ3v) is 12.5. The number of likely N-dealkylation sites (tertiary alicyclic amines) is 1. The van der Waals surface area contributed by atoms with Crippen molar-refractivity contribution in [2.45, 2.75) is 87.8 Å². The Morgan fingerprint density at radius 2 is 1.68 bits per heavy atom. The van der Waals surface area contributed by atoms with Crippen molar-refractivity contribution in [3.8, 4) is 0 Å². The van der Waals surface area contributed by atoms with Gasteiger partial charge in [-0.3, -0.25) is 9.59 Å². The van der Waals surface area contributed by atoms with Crippen LogP contribution < -0.4 is 0 Å². The molecule has 0 aromatic rings. The van der Waals surface area contributed by atoms with Gasteiger partial charge in [0.25, 0.3) is 0 Å². The molecule has 1 rings (SSSR count). The lowest BCUT2D eigenvalue weighted by Gasteiger charge is -2.53. The third kappa shape index (κ3) is 6.42. The number of thioether (sulfide) groups is 1. The molecule has 31 heavy (non-hydrogen) atoms. The van der Waals surface area contributed by atoms with E-state index in [4.69, 9.17) is 44.0 Å². The molecule has 1 amide bonds. The summed E-state index contributed by atoms with van der Waals surface area (Å²) in [5.41, 5.74) is -0.648. The number of allylic oxidation sites excluding steroid dienone is 1. The van der Waals surface area contributed by atoms with Gasteiger partial charge in [-0.1, -0.05) is 67.3 Å². The summed E-state index contributed by atoms with van der Waals surface area (Å²) in [6.07, 6.45) is -0.531. The molecule has 1 aliphatic heterocycles. The number of rotatable bonds is 8. The van der Waals surface area contributed by atoms with Crippen LogP contribution in [0, 0.1) is 0 Å². The average Bonchev–Trinajstić information content (AvgIpc) is 2.57. The van der Waals surface area contributed by atoms with Gasteiger partial charge in [0.05, 0.1) is 12.6 Å². The number of nitrogens with zero attached hydrogens (tertiary/aromatic N) is 1. The molecule has 0 aromatic carbocycles.